The molecule has 1 aromatic heterocycles. The Morgan fingerprint density at radius 2 is 2.06 bits per heavy atom. The molecule has 0 radical (unpaired) electrons. The average molecular weight is 282 g/mol. The summed E-state index contributed by atoms with van der Waals surface area (Å²) in [5, 5.41) is 7.56. The minimum Gasteiger partial charge on any atom is -0.406 e. The number of hydrogen-bond acceptors (Lipinski definition) is 4. The molecule has 2 aromatic rings. The van der Waals surface area contributed by atoms with Gasteiger partial charge in [-0.15, -0.1) is 0 Å². The summed E-state index contributed by atoms with van der Waals surface area (Å²) in [6, 6.07) is 7.57. The van der Waals surface area contributed by atoms with Gasteiger partial charge in [-0.1, -0.05) is 38.4 Å². The number of rotatable bonds is 3. The predicted octanol–water partition coefficient (Wildman–Crippen LogP) is 1.78. The van der Waals surface area contributed by atoms with E-state index in [1.165, 1.54) is 0 Å². The van der Waals surface area contributed by atoms with Crippen LogP contribution in [0.15, 0.2) is 28.7 Å². The molecule has 0 atom stereocenters. The van der Waals surface area contributed by atoms with E-state index in [9.17, 15) is 4.79 Å². The van der Waals surface area contributed by atoms with Crippen molar-refractivity contribution in [1.29, 1.82) is 0 Å². The summed E-state index contributed by atoms with van der Waals surface area (Å²) >= 11 is 3.35. The Morgan fingerprint density at radius 3 is 2.69 bits per heavy atom. The van der Waals surface area contributed by atoms with Crippen LogP contribution in [0.1, 0.15) is 0 Å². The highest BCUT2D eigenvalue weighted by Crippen LogP contribution is 2.27. The largest absolute Gasteiger partial charge is 0.406 e. The number of benzene rings is 1. The second kappa shape index (κ2) is 4.44. The Bertz CT molecular complexity index is 507. The van der Waals surface area contributed by atoms with Crippen LogP contribution in [0.5, 0.6) is 5.88 Å². The third kappa shape index (κ3) is 1.96. The van der Waals surface area contributed by atoms with E-state index in [0.717, 1.165) is 10.0 Å². The van der Waals surface area contributed by atoms with E-state index in [2.05, 4.69) is 26.2 Å². The van der Waals surface area contributed by atoms with Crippen molar-refractivity contribution in [2.24, 2.45) is 7.05 Å². The van der Waals surface area contributed by atoms with Gasteiger partial charge in [0, 0.05) is 17.1 Å². The lowest BCUT2D eigenvalue weighted by atomic mass is 10.1. The Balaban J connectivity index is 2.49. The molecule has 2 rings (SSSR count). The highest BCUT2D eigenvalue weighted by Gasteiger charge is 2.13. The second-order valence-electron chi connectivity index (χ2n) is 3.09. The first-order valence-electron chi connectivity index (χ1n) is 4.48. The molecule has 0 unspecified atom stereocenters. The highest BCUT2D eigenvalue weighted by molar-refractivity contribution is 9.10. The lowest BCUT2D eigenvalue weighted by molar-refractivity contribution is -0.120. The van der Waals surface area contributed by atoms with Crippen LogP contribution in [0.25, 0.3) is 11.3 Å². The molecular weight excluding hydrogens is 274 g/mol. The minimum atomic E-state index is 0.208. The monoisotopic (exact) mass is 281 g/mol. The van der Waals surface area contributed by atoms with Crippen molar-refractivity contribution in [1.82, 2.24) is 15.0 Å². The van der Waals surface area contributed by atoms with E-state index in [1.54, 1.807) is 11.7 Å². The smallest absolute Gasteiger partial charge is 0.299 e. The summed E-state index contributed by atoms with van der Waals surface area (Å²) < 4.78 is 7.29. The predicted molar refractivity (Wildman–Crippen MR) is 60.8 cm³/mol. The molecule has 0 aliphatic rings. The van der Waals surface area contributed by atoms with E-state index in [1.807, 2.05) is 24.3 Å². The lowest BCUT2D eigenvalue weighted by Gasteiger charge is -2.02. The van der Waals surface area contributed by atoms with Crippen molar-refractivity contribution in [2.75, 3.05) is 0 Å². The molecule has 16 heavy (non-hydrogen) atoms. The van der Waals surface area contributed by atoms with Crippen LogP contribution in [0, 0.1) is 0 Å². The van der Waals surface area contributed by atoms with E-state index in [-0.39, 0.29) is 5.88 Å². The van der Waals surface area contributed by atoms with Gasteiger partial charge < -0.3 is 4.74 Å². The molecule has 0 fully saturated rings. The van der Waals surface area contributed by atoms with E-state index in [4.69, 9.17) is 4.74 Å². The standard InChI is InChI=1S/C10H8BrN3O2/c1-14-9(10(12-13-14)16-6-15)7-2-4-8(11)5-3-7/h2-6H,1H3. The van der Waals surface area contributed by atoms with E-state index < -0.39 is 0 Å². The topological polar surface area (TPSA) is 57.0 Å². The maximum atomic E-state index is 10.3. The number of ether oxygens (including phenoxy) is 1. The zero-order valence-electron chi connectivity index (χ0n) is 8.42. The SMILES string of the molecule is Cn1nnc(OC=O)c1-c1ccc(Br)cc1. The zero-order valence-corrected chi connectivity index (χ0v) is 10.0. The molecule has 0 bridgehead atoms. The summed E-state index contributed by atoms with van der Waals surface area (Å²) in [5.41, 5.74) is 1.55. The van der Waals surface area contributed by atoms with Crippen molar-refractivity contribution in [2.45, 2.75) is 0 Å². The van der Waals surface area contributed by atoms with Gasteiger partial charge in [0.15, 0.2) is 0 Å². The molecule has 82 valence electrons. The first-order chi connectivity index (χ1) is 7.72. The summed E-state index contributed by atoms with van der Waals surface area (Å²) in [6.45, 7) is 0.340. The fourth-order valence-corrected chi connectivity index (χ4v) is 1.65. The Kier molecular flexibility index (Phi) is 3.00. The quantitative estimate of drug-likeness (QED) is 0.805. The molecule has 0 aliphatic heterocycles. The van der Waals surface area contributed by atoms with Crippen LogP contribution < -0.4 is 4.74 Å². The van der Waals surface area contributed by atoms with Crippen LogP contribution >= 0.6 is 15.9 Å². The van der Waals surface area contributed by atoms with Crippen molar-refractivity contribution in [3.63, 3.8) is 0 Å². The first-order valence-corrected chi connectivity index (χ1v) is 5.27. The van der Waals surface area contributed by atoms with E-state index >= 15 is 0 Å². The summed E-state index contributed by atoms with van der Waals surface area (Å²) in [7, 11) is 1.74. The molecule has 1 aromatic carbocycles. The Hall–Kier alpha value is -1.69. The van der Waals surface area contributed by atoms with Gasteiger partial charge in [-0.2, -0.15) is 0 Å². The van der Waals surface area contributed by atoms with Gasteiger partial charge in [0.2, 0.25) is 0 Å². The average Bonchev–Trinajstić information content (AvgIpc) is 2.62. The number of aromatic nitrogens is 3. The summed E-state index contributed by atoms with van der Waals surface area (Å²) in [5.74, 6) is 0.208. The maximum Gasteiger partial charge on any atom is 0.299 e. The number of halogens is 1. The molecule has 6 heteroatoms. The molecule has 0 N–H and O–H groups in total. The molecular formula is C10H8BrN3O2. The second-order valence-corrected chi connectivity index (χ2v) is 4.00. The van der Waals surface area contributed by atoms with Gasteiger partial charge in [0.25, 0.3) is 12.4 Å². The third-order valence-corrected chi connectivity index (χ3v) is 2.60. The van der Waals surface area contributed by atoms with Crippen LogP contribution in [0.3, 0.4) is 0 Å². The molecule has 1 heterocycles. The molecule has 5 nitrogen and oxygen atoms in total. The van der Waals surface area contributed by atoms with Crippen molar-refractivity contribution >= 4 is 22.4 Å². The number of hydrogen-bond donors (Lipinski definition) is 0. The number of carbonyl (C=O) groups excluding carboxylic acids is 1. The van der Waals surface area contributed by atoms with Gasteiger partial charge in [0.1, 0.15) is 5.69 Å². The van der Waals surface area contributed by atoms with Crippen molar-refractivity contribution in [3.05, 3.63) is 28.7 Å². The first kappa shape index (κ1) is 10.8. The van der Waals surface area contributed by atoms with Crippen molar-refractivity contribution in [3.8, 4) is 17.1 Å². The normalized spacial score (nSPS) is 10.1. The van der Waals surface area contributed by atoms with Crippen LogP contribution in [-0.4, -0.2) is 21.5 Å². The molecule has 0 saturated heterocycles. The van der Waals surface area contributed by atoms with Crippen LogP contribution in [-0.2, 0) is 11.8 Å². The fourth-order valence-electron chi connectivity index (χ4n) is 1.38. The van der Waals surface area contributed by atoms with Crippen LogP contribution in [0.4, 0.5) is 0 Å². The third-order valence-electron chi connectivity index (χ3n) is 2.07. The molecule has 0 aliphatic carbocycles. The summed E-state index contributed by atoms with van der Waals surface area (Å²) in [4.78, 5) is 10.3. The molecule has 0 spiro atoms. The Labute approximate surface area is 100 Å². The minimum absolute atomic E-state index is 0.208. The summed E-state index contributed by atoms with van der Waals surface area (Å²) in [6.07, 6.45) is 0. The number of aryl methyl sites for hydroxylation is 1. The van der Waals surface area contributed by atoms with Crippen molar-refractivity contribution < 1.29 is 9.53 Å². The maximum absolute atomic E-state index is 10.3. The van der Waals surface area contributed by atoms with Gasteiger partial charge in [-0.25, -0.2) is 4.68 Å². The van der Waals surface area contributed by atoms with Gasteiger partial charge in [-0.3, -0.25) is 4.79 Å². The Morgan fingerprint density at radius 1 is 1.38 bits per heavy atom. The molecule has 0 amide bonds. The molecule has 0 saturated carbocycles. The number of carbonyl (C=O) groups is 1. The van der Waals surface area contributed by atoms with Gasteiger partial charge in [-0.05, 0) is 12.1 Å². The van der Waals surface area contributed by atoms with Gasteiger partial charge in [0.05, 0.1) is 0 Å². The number of nitrogens with zero attached hydrogens (tertiary/aromatic N) is 3. The van der Waals surface area contributed by atoms with Gasteiger partial charge >= 0.3 is 0 Å². The van der Waals surface area contributed by atoms with E-state index in [0.29, 0.717) is 12.2 Å². The lowest BCUT2D eigenvalue weighted by Crippen LogP contribution is -1.95. The fraction of sp³-hybridized carbons (Fsp3) is 0.100. The zero-order chi connectivity index (χ0) is 11.5. The van der Waals surface area contributed by atoms with Crippen LogP contribution in [0.2, 0.25) is 0 Å². The highest BCUT2D eigenvalue weighted by atomic mass is 79.9.